The van der Waals surface area contributed by atoms with E-state index < -0.39 is 6.09 Å². The SMILES string of the molecule is Cl.NCCOCCOCCOCCNC(=O)O. The first-order valence-electron chi connectivity index (χ1n) is 5.17. The zero-order valence-corrected chi connectivity index (χ0v) is 10.5. The molecule has 0 unspecified atom stereocenters. The third-order valence-electron chi connectivity index (χ3n) is 1.53. The van der Waals surface area contributed by atoms with Crippen molar-refractivity contribution >= 4 is 18.5 Å². The van der Waals surface area contributed by atoms with Gasteiger partial charge in [-0.25, -0.2) is 4.79 Å². The van der Waals surface area contributed by atoms with E-state index in [2.05, 4.69) is 5.32 Å². The normalized spacial score (nSPS) is 9.71. The number of nitrogens with two attached hydrogens (primary N) is 1. The Morgan fingerprint density at radius 3 is 1.94 bits per heavy atom. The Kier molecular flexibility index (Phi) is 17.0. The topological polar surface area (TPSA) is 103 Å². The van der Waals surface area contributed by atoms with Gasteiger partial charge in [0.15, 0.2) is 0 Å². The summed E-state index contributed by atoms with van der Waals surface area (Å²) in [7, 11) is 0. The van der Waals surface area contributed by atoms with Crippen molar-refractivity contribution < 1.29 is 24.1 Å². The van der Waals surface area contributed by atoms with E-state index in [-0.39, 0.29) is 19.0 Å². The number of nitrogens with one attached hydrogen (secondary N) is 1. The van der Waals surface area contributed by atoms with Crippen molar-refractivity contribution in [3.05, 3.63) is 0 Å². The third kappa shape index (κ3) is 18.0. The largest absolute Gasteiger partial charge is 0.465 e. The molecule has 0 atom stereocenters. The van der Waals surface area contributed by atoms with Gasteiger partial charge in [-0.3, -0.25) is 0 Å². The van der Waals surface area contributed by atoms with Crippen LogP contribution in [0, 0.1) is 0 Å². The molecule has 4 N–H and O–H groups in total. The van der Waals surface area contributed by atoms with E-state index in [1.807, 2.05) is 0 Å². The first kappa shape index (κ1) is 18.8. The van der Waals surface area contributed by atoms with Crippen LogP contribution in [-0.2, 0) is 14.2 Å². The lowest BCUT2D eigenvalue weighted by Gasteiger charge is -2.06. The molecular weight excluding hydrogens is 252 g/mol. The maximum atomic E-state index is 10.0. The average Bonchev–Trinajstić information content (AvgIpc) is 2.25. The van der Waals surface area contributed by atoms with Gasteiger partial charge in [0, 0.05) is 13.1 Å². The summed E-state index contributed by atoms with van der Waals surface area (Å²) in [5.41, 5.74) is 5.23. The van der Waals surface area contributed by atoms with Gasteiger partial charge in [-0.05, 0) is 0 Å². The molecule has 0 radical (unpaired) electrons. The number of halogens is 1. The molecule has 0 spiro atoms. The van der Waals surface area contributed by atoms with Crippen LogP contribution in [0.3, 0.4) is 0 Å². The summed E-state index contributed by atoms with van der Waals surface area (Å²) >= 11 is 0. The fourth-order valence-corrected chi connectivity index (χ4v) is 0.855. The molecule has 0 saturated heterocycles. The van der Waals surface area contributed by atoms with Crippen LogP contribution in [0.5, 0.6) is 0 Å². The van der Waals surface area contributed by atoms with E-state index in [1.165, 1.54) is 0 Å². The minimum Gasteiger partial charge on any atom is -0.465 e. The van der Waals surface area contributed by atoms with Crippen molar-refractivity contribution in [2.24, 2.45) is 5.73 Å². The van der Waals surface area contributed by atoms with Crippen LogP contribution in [0.1, 0.15) is 0 Å². The molecule has 0 fully saturated rings. The van der Waals surface area contributed by atoms with Gasteiger partial charge in [-0.15, -0.1) is 12.4 Å². The average molecular weight is 273 g/mol. The van der Waals surface area contributed by atoms with Gasteiger partial charge in [0.25, 0.3) is 0 Å². The van der Waals surface area contributed by atoms with Gasteiger partial charge in [-0.2, -0.15) is 0 Å². The number of carbonyl (C=O) groups is 1. The molecule has 0 heterocycles. The molecule has 0 bridgehead atoms. The highest BCUT2D eigenvalue weighted by Crippen LogP contribution is 1.80. The second kappa shape index (κ2) is 15.4. The Labute approximate surface area is 107 Å². The van der Waals surface area contributed by atoms with E-state index in [0.717, 1.165) is 0 Å². The van der Waals surface area contributed by atoms with E-state index in [4.69, 9.17) is 25.1 Å². The number of hydrogen-bond donors (Lipinski definition) is 3. The first-order valence-corrected chi connectivity index (χ1v) is 5.17. The quantitative estimate of drug-likeness (QED) is 0.446. The number of rotatable bonds is 11. The van der Waals surface area contributed by atoms with Crippen molar-refractivity contribution in [2.75, 3.05) is 52.7 Å². The second-order valence-electron chi connectivity index (χ2n) is 2.86. The molecule has 0 aliphatic rings. The Bertz CT molecular complexity index is 173. The second-order valence-corrected chi connectivity index (χ2v) is 2.86. The Hall–Kier alpha value is -0.600. The Balaban J connectivity index is 0. The molecule has 0 saturated carbocycles. The lowest BCUT2D eigenvalue weighted by Crippen LogP contribution is -2.25. The van der Waals surface area contributed by atoms with Gasteiger partial charge in [0.2, 0.25) is 0 Å². The lowest BCUT2D eigenvalue weighted by molar-refractivity contribution is 0.0167. The van der Waals surface area contributed by atoms with Crippen molar-refractivity contribution in [2.45, 2.75) is 0 Å². The summed E-state index contributed by atoms with van der Waals surface area (Å²) in [6.07, 6.45) is -1.04. The van der Waals surface area contributed by atoms with E-state index in [0.29, 0.717) is 46.2 Å². The van der Waals surface area contributed by atoms with Crippen LogP contribution in [0.2, 0.25) is 0 Å². The molecule has 0 rings (SSSR count). The summed E-state index contributed by atoms with van der Waals surface area (Å²) < 4.78 is 15.4. The predicted molar refractivity (Wildman–Crippen MR) is 64.8 cm³/mol. The summed E-state index contributed by atoms with van der Waals surface area (Å²) in [5, 5.41) is 10.4. The molecule has 8 heteroatoms. The Morgan fingerprint density at radius 2 is 1.47 bits per heavy atom. The highest BCUT2D eigenvalue weighted by Gasteiger charge is 1.93. The highest BCUT2D eigenvalue weighted by molar-refractivity contribution is 5.85. The van der Waals surface area contributed by atoms with Crippen molar-refractivity contribution in [1.29, 1.82) is 0 Å². The van der Waals surface area contributed by atoms with Gasteiger partial charge >= 0.3 is 6.09 Å². The summed E-state index contributed by atoms with van der Waals surface area (Å²) in [6.45, 7) is 3.64. The zero-order chi connectivity index (χ0) is 12.1. The molecule has 0 aromatic rings. The molecule has 0 aliphatic heterocycles. The first-order chi connectivity index (χ1) is 7.77. The van der Waals surface area contributed by atoms with Crippen LogP contribution >= 0.6 is 12.4 Å². The van der Waals surface area contributed by atoms with E-state index in [9.17, 15) is 4.79 Å². The molecular formula is C9H21ClN2O5. The molecule has 1 amide bonds. The third-order valence-corrected chi connectivity index (χ3v) is 1.53. The zero-order valence-electron chi connectivity index (χ0n) is 9.72. The molecule has 17 heavy (non-hydrogen) atoms. The fourth-order valence-electron chi connectivity index (χ4n) is 0.855. The van der Waals surface area contributed by atoms with Crippen molar-refractivity contribution in [1.82, 2.24) is 5.32 Å². The minimum absolute atomic E-state index is 0. The molecule has 0 aromatic carbocycles. The van der Waals surface area contributed by atoms with Gasteiger partial charge in [0.1, 0.15) is 0 Å². The van der Waals surface area contributed by atoms with Crippen molar-refractivity contribution in [3.63, 3.8) is 0 Å². The molecule has 0 aliphatic carbocycles. The number of hydrogen-bond acceptors (Lipinski definition) is 5. The van der Waals surface area contributed by atoms with E-state index in [1.54, 1.807) is 0 Å². The molecule has 104 valence electrons. The van der Waals surface area contributed by atoms with Gasteiger partial charge in [0.05, 0.1) is 39.6 Å². The summed E-state index contributed by atoms with van der Waals surface area (Å²) in [5.74, 6) is 0. The monoisotopic (exact) mass is 272 g/mol. The minimum atomic E-state index is -1.04. The van der Waals surface area contributed by atoms with Crippen LogP contribution in [-0.4, -0.2) is 63.9 Å². The number of amides is 1. The van der Waals surface area contributed by atoms with Crippen LogP contribution in [0.4, 0.5) is 4.79 Å². The highest BCUT2D eigenvalue weighted by atomic mass is 35.5. The lowest BCUT2D eigenvalue weighted by atomic mass is 10.6. The van der Waals surface area contributed by atoms with Crippen molar-refractivity contribution in [3.8, 4) is 0 Å². The number of ether oxygens (including phenoxy) is 3. The van der Waals surface area contributed by atoms with Gasteiger partial charge in [-0.1, -0.05) is 0 Å². The molecule has 7 nitrogen and oxygen atoms in total. The molecule has 0 aromatic heterocycles. The maximum absolute atomic E-state index is 10.0. The van der Waals surface area contributed by atoms with Crippen LogP contribution < -0.4 is 11.1 Å². The summed E-state index contributed by atoms with van der Waals surface area (Å²) in [6, 6.07) is 0. The Morgan fingerprint density at radius 1 is 1.00 bits per heavy atom. The van der Waals surface area contributed by atoms with Crippen LogP contribution in [0.25, 0.3) is 0 Å². The fraction of sp³-hybridized carbons (Fsp3) is 0.889. The maximum Gasteiger partial charge on any atom is 0.404 e. The number of carboxylic acid groups (broad SMARTS) is 1. The smallest absolute Gasteiger partial charge is 0.404 e. The van der Waals surface area contributed by atoms with E-state index >= 15 is 0 Å². The summed E-state index contributed by atoms with van der Waals surface area (Å²) in [4.78, 5) is 10.0. The van der Waals surface area contributed by atoms with Gasteiger partial charge < -0.3 is 30.4 Å². The predicted octanol–water partition coefficient (Wildman–Crippen LogP) is -0.316. The van der Waals surface area contributed by atoms with Crippen LogP contribution in [0.15, 0.2) is 0 Å². The standard InChI is InChI=1S/C9H20N2O5.ClH/c10-1-3-14-5-7-16-8-6-15-4-2-11-9(12)13;/h11H,1-8,10H2,(H,12,13);1H.